The van der Waals surface area contributed by atoms with Crippen molar-refractivity contribution in [1.29, 1.82) is 0 Å². The Morgan fingerprint density at radius 1 is 1.25 bits per heavy atom. The number of nitrogens with zero attached hydrogens (tertiary/aromatic N) is 2. The summed E-state index contributed by atoms with van der Waals surface area (Å²) in [7, 11) is 1.62. The molecule has 0 spiro atoms. The van der Waals surface area contributed by atoms with E-state index in [1.54, 1.807) is 7.11 Å². The average Bonchev–Trinajstić information content (AvgIpc) is 3.16. The zero-order chi connectivity index (χ0) is 13.9. The van der Waals surface area contributed by atoms with Crippen LogP contribution in [-0.2, 0) is 0 Å². The van der Waals surface area contributed by atoms with Crippen LogP contribution in [0.25, 0.3) is 10.8 Å². The van der Waals surface area contributed by atoms with Crippen LogP contribution in [-0.4, -0.2) is 17.3 Å². The number of ether oxygens (including phenoxy) is 1. The van der Waals surface area contributed by atoms with Gasteiger partial charge in [0.25, 0.3) is 5.89 Å². The van der Waals surface area contributed by atoms with Gasteiger partial charge in [0, 0.05) is 11.4 Å². The van der Waals surface area contributed by atoms with Crippen molar-refractivity contribution < 1.29 is 9.15 Å². The van der Waals surface area contributed by atoms with Crippen LogP contribution in [0.2, 0.25) is 0 Å². The molecule has 0 aliphatic heterocycles. The maximum atomic E-state index is 6.35. The molecule has 0 saturated carbocycles. The van der Waals surface area contributed by atoms with Crippen LogP contribution in [0, 0.1) is 0 Å². The Kier molecular flexibility index (Phi) is 3.71. The molecule has 0 N–H and O–H groups in total. The molecule has 1 unspecified atom stereocenters. The fourth-order valence-corrected chi connectivity index (χ4v) is 2.75. The van der Waals surface area contributed by atoms with Gasteiger partial charge in [-0.05, 0) is 5.56 Å². The summed E-state index contributed by atoms with van der Waals surface area (Å²) in [5.74, 6) is 1.62. The van der Waals surface area contributed by atoms with Gasteiger partial charge >= 0.3 is 0 Å². The quantitative estimate of drug-likeness (QED) is 0.680. The summed E-state index contributed by atoms with van der Waals surface area (Å²) < 4.78 is 10.8. The molecule has 3 rings (SSSR count). The molecule has 2 heterocycles. The van der Waals surface area contributed by atoms with Crippen molar-refractivity contribution in [1.82, 2.24) is 10.2 Å². The van der Waals surface area contributed by atoms with E-state index in [1.165, 1.54) is 11.3 Å². The van der Waals surface area contributed by atoms with E-state index in [2.05, 4.69) is 10.2 Å². The third kappa shape index (κ3) is 2.55. The SMILES string of the molecule is COc1csc(-c2nnc(C(Cl)c3ccccc3)o2)c1. The van der Waals surface area contributed by atoms with Crippen LogP contribution in [0.15, 0.2) is 46.2 Å². The summed E-state index contributed by atoms with van der Waals surface area (Å²) in [5, 5.41) is 9.49. The molecule has 0 aliphatic rings. The Morgan fingerprint density at radius 3 is 2.75 bits per heavy atom. The second kappa shape index (κ2) is 5.64. The maximum Gasteiger partial charge on any atom is 0.257 e. The number of thiophene rings is 1. The minimum atomic E-state index is -0.445. The monoisotopic (exact) mass is 306 g/mol. The Hall–Kier alpha value is -1.85. The van der Waals surface area contributed by atoms with Gasteiger partial charge in [-0.2, -0.15) is 0 Å². The number of alkyl halides is 1. The van der Waals surface area contributed by atoms with Crippen molar-refractivity contribution in [3.63, 3.8) is 0 Å². The Balaban J connectivity index is 1.86. The molecule has 0 fully saturated rings. The molecular formula is C14H11ClN2O2S. The highest BCUT2D eigenvalue weighted by Gasteiger charge is 2.19. The number of rotatable bonds is 4. The van der Waals surface area contributed by atoms with Crippen LogP contribution in [0.3, 0.4) is 0 Å². The number of methoxy groups -OCH3 is 1. The molecule has 0 bridgehead atoms. The highest BCUT2D eigenvalue weighted by molar-refractivity contribution is 7.13. The van der Waals surface area contributed by atoms with Crippen molar-refractivity contribution in [2.45, 2.75) is 5.38 Å². The van der Waals surface area contributed by atoms with E-state index in [0.29, 0.717) is 11.8 Å². The van der Waals surface area contributed by atoms with Gasteiger partial charge in [-0.3, -0.25) is 0 Å². The van der Waals surface area contributed by atoms with E-state index in [1.807, 2.05) is 41.8 Å². The van der Waals surface area contributed by atoms with Crippen molar-refractivity contribution in [2.24, 2.45) is 0 Å². The van der Waals surface area contributed by atoms with E-state index in [-0.39, 0.29) is 0 Å². The summed E-state index contributed by atoms with van der Waals surface area (Å²) in [6.07, 6.45) is 0. The molecule has 20 heavy (non-hydrogen) atoms. The minimum absolute atomic E-state index is 0.389. The zero-order valence-electron chi connectivity index (χ0n) is 10.6. The van der Waals surface area contributed by atoms with E-state index in [0.717, 1.165) is 16.2 Å². The number of aromatic nitrogens is 2. The fraction of sp³-hybridized carbons (Fsp3) is 0.143. The van der Waals surface area contributed by atoms with Gasteiger partial charge in [0.15, 0.2) is 0 Å². The van der Waals surface area contributed by atoms with Crippen LogP contribution in [0.1, 0.15) is 16.8 Å². The molecule has 0 amide bonds. The second-order valence-electron chi connectivity index (χ2n) is 4.07. The van der Waals surface area contributed by atoms with Crippen LogP contribution in [0.4, 0.5) is 0 Å². The van der Waals surface area contributed by atoms with Gasteiger partial charge in [-0.1, -0.05) is 30.3 Å². The van der Waals surface area contributed by atoms with Gasteiger partial charge < -0.3 is 9.15 Å². The van der Waals surface area contributed by atoms with Gasteiger partial charge in [0.1, 0.15) is 11.1 Å². The van der Waals surface area contributed by atoms with Crippen molar-refractivity contribution in [2.75, 3.05) is 7.11 Å². The van der Waals surface area contributed by atoms with Crippen molar-refractivity contribution >= 4 is 22.9 Å². The van der Waals surface area contributed by atoms with Gasteiger partial charge in [-0.25, -0.2) is 0 Å². The summed E-state index contributed by atoms with van der Waals surface area (Å²) >= 11 is 7.83. The van der Waals surface area contributed by atoms with Crippen LogP contribution < -0.4 is 4.74 Å². The zero-order valence-corrected chi connectivity index (χ0v) is 12.2. The molecule has 1 atom stereocenters. The largest absolute Gasteiger partial charge is 0.496 e. The molecule has 6 heteroatoms. The first-order valence-corrected chi connectivity index (χ1v) is 7.25. The number of benzene rings is 1. The molecule has 0 saturated heterocycles. The summed E-state index contributed by atoms with van der Waals surface area (Å²) in [5.41, 5.74) is 0.924. The van der Waals surface area contributed by atoms with Gasteiger partial charge in [0.05, 0.1) is 12.0 Å². The predicted molar refractivity (Wildman–Crippen MR) is 78.3 cm³/mol. The molecule has 102 valence electrons. The topological polar surface area (TPSA) is 48.2 Å². The summed E-state index contributed by atoms with van der Waals surface area (Å²) in [6, 6.07) is 11.5. The molecule has 2 aromatic heterocycles. The van der Waals surface area contributed by atoms with E-state index in [9.17, 15) is 0 Å². The fourth-order valence-electron chi connectivity index (χ4n) is 1.74. The van der Waals surface area contributed by atoms with Crippen LogP contribution in [0.5, 0.6) is 5.75 Å². The number of hydrogen-bond acceptors (Lipinski definition) is 5. The van der Waals surface area contributed by atoms with E-state index >= 15 is 0 Å². The van der Waals surface area contributed by atoms with Gasteiger partial charge in [0.2, 0.25) is 5.89 Å². The molecule has 4 nitrogen and oxygen atoms in total. The molecule has 0 radical (unpaired) electrons. The lowest BCUT2D eigenvalue weighted by Gasteiger charge is -2.03. The lowest BCUT2D eigenvalue weighted by molar-refractivity contribution is 0.416. The average molecular weight is 307 g/mol. The lowest BCUT2D eigenvalue weighted by Crippen LogP contribution is -1.92. The first-order chi connectivity index (χ1) is 9.78. The lowest BCUT2D eigenvalue weighted by atomic mass is 10.1. The van der Waals surface area contributed by atoms with Gasteiger partial charge in [-0.15, -0.1) is 33.1 Å². The number of halogens is 1. The molecule has 0 aliphatic carbocycles. The third-order valence-corrected chi connectivity index (χ3v) is 4.11. The standard InChI is InChI=1S/C14H11ClN2O2S/c1-18-10-7-11(20-8-10)13-16-17-14(19-13)12(15)9-5-3-2-4-6-9/h2-8,12H,1H3. The normalized spacial score (nSPS) is 12.3. The van der Waals surface area contributed by atoms with Crippen molar-refractivity contribution in [3.05, 3.63) is 53.2 Å². The van der Waals surface area contributed by atoms with E-state index in [4.69, 9.17) is 20.8 Å². The highest BCUT2D eigenvalue weighted by Crippen LogP contribution is 2.33. The third-order valence-electron chi connectivity index (χ3n) is 2.77. The van der Waals surface area contributed by atoms with Crippen LogP contribution >= 0.6 is 22.9 Å². The smallest absolute Gasteiger partial charge is 0.257 e. The Labute approximate surface area is 125 Å². The first-order valence-electron chi connectivity index (χ1n) is 5.93. The summed E-state index contributed by atoms with van der Waals surface area (Å²) in [4.78, 5) is 0.859. The Bertz CT molecular complexity index is 696. The summed E-state index contributed by atoms with van der Waals surface area (Å²) in [6.45, 7) is 0. The molecular weight excluding hydrogens is 296 g/mol. The maximum absolute atomic E-state index is 6.35. The first kappa shape index (κ1) is 13.1. The Morgan fingerprint density at radius 2 is 2.05 bits per heavy atom. The molecule has 3 aromatic rings. The second-order valence-corrected chi connectivity index (χ2v) is 5.42. The van der Waals surface area contributed by atoms with E-state index < -0.39 is 5.38 Å². The highest BCUT2D eigenvalue weighted by atomic mass is 35.5. The minimum Gasteiger partial charge on any atom is -0.496 e. The predicted octanol–water partition coefficient (Wildman–Crippen LogP) is 4.13. The molecule has 1 aromatic carbocycles. The number of hydrogen-bond donors (Lipinski definition) is 0. The van der Waals surface area contributed by atoms with Crippen molar-refractivity contribution in [3.8, 4) is 16.5 Å².